The van der Waals surface area contributed by atoms with Crippen molar-refractivity contribution in [3.05, 3.63) is 36.0 Å². The maximum absolute atomic E-state index is 12.7. The Hall–Kier alpha value is -2.58. The molecule has 0 atom stereocenters. The molecule has 9 heteroatoms. The van der Waals surface area contributed by atoms with Gasteiger partial charge >= 0.3 is 18.2 Å². The molecule has 0 aliphatic rings. The minimum Gasteiger partial charge on any atom is -0.478 e. The van der Waals surface area contributed by atoms with Crippen molar-refractivity contribution in [2.24, 2.45) is 0 Å². The van der Waals surface area contributed by atoms with Crippen molar-refractivity contribution < 1.29 is 32.6 Å². The normalized spacial score (nSPS) is 10.8. The molecule has 0 saturated heterocycles. The zero-order valence-electron chi connectivity index (χ0n) is 9.90. The van der Waals surface area contributed by atoms with Gasteiger partial charge in [-0.3, -0.25) is 5.32 Å². The number of anilines is 1. The second kappa shape index (κ2) is 6.04. The summed E-state index contributed by atoms with van der Waals surface area (Å²) >= 11 is 0. The van der Waals surface area contributed by atoms with Crippen molar-refractivity contribution in [3.8, 4) is 0 Å². The van der Waals surface area contributed by atoms with Crippen molar-refractivity contribution in [1.82, 2.24) is 4.98 Å². The van der Waals surface area contributed by atoms with Gasteiger partial charge in [-0.05, 0) is 6.07 Å². The summed E-state index contributed by atoms with van der Waals surface area (Å²) in [7, 11) is 0. The lowest BCUT2D eigenvalue weighted by atomic mass is 10.1. The number of aromatic carboxylic acids is 1. The number of hydrogen-bond donors (Lipinski definition) is 2. The smallest absolute Gasteiger partial charge is 0.417 e. The van der Waals surface area contributed by atoms with Crippen LogP contribution in [-0.2, 0) is 10.9 Å². The maximum atomic E-state index is 12.7. The molecule has 1 aromatic heterocycles. The summed E-state index contributed by atoms with van der Waals surface area (Å²) in [6, 6.07) is 0.504. The summed E-state index contributed by atoms with van der Waals surface area (Å²) in [6.45, 7) is 3.08. The molecular formula is C11H9F3N2O4. The van der Waals surface area contributed by atoms with Crippen LogP contribution in [0.2, 0.25) is 0 Å². The van der Waals surface area contributed by atoms with E-state index in [9.17, 15) is 22.8 Å². The van der Waals surface area contributed by atoms with Gasteiger partial charge in [0, 0.05) is 6.20 Å². The van der Waals surface area contributed by atoms with Crippen molar-refractivity contribution in [3.63, 3.8) is 0 Å². The fraction of sp³-hybridized carbons (Fsp3) is 0.182. The molecule has 1 amide bonds. The number of nitrogens with zero attached hydrogens (tertiary/aromatic N) is 1. The van der Waals surface area contributed by atoms with Gasteiger partial charge in [-0.2, -0.15) is 13.2 Å². The van der Waals surface area contributed by atoms with Gasteiger partial charge in [0.15, 0.2) is 5.82 Å². The molecule has 0 fully saturated rings. The number of hydrogen-bond acceptors (Lipinski definition) is 4. The Morgan fingerprint density at radius 2 is 2.15 bits per heavy atom. The molecular weight excluding hydrogens is 281 g/mol. The van der Waals surface area contributed by atoms with E-state index in [1.807, 2.05) is 5.32 Å². The van der Waals surface area contributed by atoms with E-state index in [1.54, 1.807) is 0 Å². The Morgan fingerprint density at radius 3 is 2.65 bits per heavy atom. The molecule has 6 nitrogen and oxygen atoms in total. The first-order chi connectivity index (χ1) is 9.27. The topological polar surface area (TPSA) is 88.5 Å². The summed E-state index contributed by atoms with van der Waals surface area (Å²) in [4.78, 5) is 25.6. The van der Waals surface area contributed by atoms with Crippen LogP contribution in [0.5, 0.6) is 0 Å². The van der Waals surface area contributed by atoms with Crippen molar-refractivity contribution in [2.45, 2.75) is 6.18 Å². The first kappa shape index (κ1) is 15.5. The van der Waals surface area contributed by atoms with Gasteiger partial charge in [0.25, 0.3) is 0 Å². The number of amides is 1. The highest BCUT2D eigenvalue weighted by molar-refractivity contribution is 5.98. The lowest BCUT2D eigenvalue weighted by Crippen LogP contribution is -2.20. The Kier molecular flexibility index (Phi) is 4.68. The number of halogens is 3. The molecule has 0 radical (unpaired) electrons. The van der Waals surface area contributed by atoms with Crippen LogP contribution in [0.1, 0.15) is 15.9 Å². The van der Waals surface area contributed by atoms with E-state index in [4.69, 9.17) is 5.11 Å². The summed E-state index contributed by atoms with van der Waals surface area (Å²) in [5.74, 6) is -2.62. The van der Waals surface area contributed by atoms with Crippen molar-refractivity contribution >= 4 is 17.9 Å². The quantitative estimate of drug-likeness (QED) is 0.832. The fourth-order valence-electron chi connectivity index (χ4n) is 1.28. The second-order valence-corrected chi connectivity index (χ2v) is 3.40. The molecule has 1 rings (SSSR count). The summed E-state index contributed by atoms with van der Waals surface area (Å²) in [5, 5.41) is 10.7. The Bertz CT molecular complexity index is 543. The maximum Gasteiger partial charge on any atom is 0.417 e. The van der Waals surface area contributed by atoms with Crippen LogP contribution in [0, 0.1) is 0 Å². The molecule has 0 bridgehead atoms. The van der Waals surface area contributed by atoms with E-state index in [0.717, 1.165) is 6.20 Å². The number of aromatic nitrogens is 1. The lowest BCUT2D eigenvalue weighted by molar-refractivity contribution is -0.138. The van der Waals surface area contributed by atoms with Gasteiger partial charge in [-0.1, -0.05) is 12.7 Å². The van der Waals surface area contributed by atoms with Gasteiger partial charge in [0.2, 0.25) is 0 Å². The summed E-state index contributed by atoms with van der Waals surface area (Å²) in [5.41, 5.74) is -2.57. The SMILES string of the molecule is C=CCOC(=O)Nc1nccc(C(F)(F)F)c1C(=O)O. The first-order valence-electron chi connectivity index (χ1n) is 5.11. The van der Waals surface area contributed by atoms with E-state index in [1.165, 1.54) is 6.08 Å². The van der Waals surface area contributed by atoms with E-state index < -0.39 is 35.2 Å². The van der Waals surface area contributed by atoms with Gasteiger partial charge in [0.05, 0.1) is 5.56 Å². The monoisotopic (exact) mass is 290 g/mol. The molecule has 1 aromatic rings. The van der Waals surface area contributed by atoms with Crippen LogP contribution in [0.15, 0.2) is 24.9 Å². The highest BCUT2D eigenvalue weighted by Crippen LogP contribution is 2.34. The number of ether oxygens (including phenoxy) is 1. The Balaban J connectivity index is 3.17. The van der Waals surface area contributed by atoms with Crippen LogP contribution in [0.25, 0.3) is 0 Å². The van der Waals surface area contributed by atoms with Gasteiger partial charge in [-0.25, -0.2) is 14.6 Å². The van der Waals surface area contributed by atoms with E-state index in [2.05, 4.69) is 16.3 Å². The minimum atomic E-state index is -4.89. The molecule has 0 aliphatic carbocycles. The molecule has 0 spiro atoms. The molecule has 20 heavy (non-hydrogen) atoms. The third-order valence-corrected chi connectivity index (χ3v) is 2.02. The van der Waals surface area contributed by atoms with Gasteiger partial charge < -0.3 is 9.84 Å². The second-order valence-electron chi connectivity index (χ2n) is 3.40. The molecule has 0 aromatic carbocycles. The van der Waals surface area contributed by atoms with Crippen LogP contribution < -0.4 is 5.32 Å². The number of carboxylic acids is 1. The van der Waals surface area contributed by atoms with Crippen LogP contribution >= 0.6 is 0 Å². The average Bonchev–Trinajstić information content (AvgIpc) is 2.34. The van der Waals surface area contributed by atoms with Crippen LogP contribution in [-0.4, -0.2) is 28.8 Å². The first-order valence-corrected chi connectivity index (χ1v) is 5.11. The number of nitrogens with one attached hydrogen (secondary N) is 1. The largest absolute Gasteiger partial charge is 0.478 e. The predicted octanol–water partition coefficient (Wildman–Crippen LogP) is 2.53. The number of pyridine rings is 1. The van der Waals surface area contributed by atoms with Crippen LogP contribution in [0.3, 0.4) is 0 Å². The number of carboxylic acid groups (broad SMARTS) is 1. The number of carbonyl (C=O) groups is 2. The Morgan fingerprint density at radius 1 is 1.50 bits per heavy atom. The fourth-order valence-corrected chi connectivity index (χ4v) is 1.28. The highest BCUT2D eigenvalue weighted by atomic mass is 19.4. The predicted molar refractivity (Wildman–Crippen MR) is 61.4 cm³/mol. The van der Waals surface area contributed by atoms with Gasteiger partial charge in [-0.15, -0.1) is 0 Å². The number of rotatable bonds is 4. The summed E-state index contributed by atoms with van der Waals surface area (Å²) < 4.78 is 42.5. The lowest BCUT2D eigenvalue weighted by Gasteiger charge is -2.13. The zero-order chi connectivity index (χ0) is 15.3. The minimum absolute atomic E-state index is 0.187. The summed E-state index contributed by atoms with van der Waals surface area (Å²) in [6.07, 6.45) is -4.06. The van der Waals surface area contributed by atoms with E-state index >= 15 is 0 Å². The van der Waals surface area contributed by atoms with Crippen molar-refractivity contribution in [1.29, 1.82) is 0 Å². The molecule has 0 aliphatic heterocycles. The molecule has 2 N–H and O–H groups in total. The number of alkyl halides is 3. The molecule has 0 unspecified atom stereocenters. The third-order valence-electron chi connectivity index (χ3n) is 2.02. The standard InChI is InChI=1S/C11H9F3N2O4/c1-2-5-20-10(19)16-8-7(9(17)18)6(3-4-15-8)11(12,13)14/h2-4H,1,5H2,(H,17,18)(H,15,16,19). The Labute approximate surface area is 110 Å². The third kappa shape index (κ3) is 3.70. The average molecular weight is 290 g/mol. The van der Waals surface area contributed by atoms with E-state index in [0.29, 0.717) is 6.07 Å². The molecule has 108 valence electrons. The zero-order valence-corrected chi connectivity index (χ0v) is 9.90. The highest BCUT2D eigenvalue weighted by Gasteiger charge is 2.37. The molecule has 1 heterocycles. The number of carbonyl (C=O) groups excluding carboxylic acids is 1. The van der Waals surface area contributed by atoms with E-state index in [-0.39, 0.29) is 6.61 Å². The van der Waals surface area contributed by atoms with Crippen molar-refractivity contribution in [2.75, 3.05) is 11.9 Å². The van der Waals surface area contributed by atoms with Gasteiger partial charge in [0.1, 0.15) is 12.2 Å². The van der Waals surface area contributed by atoms with Crippen LogP contribution in [0.4, 0.5) is 23.8 Å². The molecule has 0 saturated carbocycles.